The van der Waals surface area contributed by atoms with E-state index in [9.17, 15) is 0 Å². The molecule has 23 heavy (non-hydrogen) atoms. The lowest BCUT2D eigenvalue weighted by atomic mass is 9.93. The maximum absolute atomic E-state index is 4.90. The predicted octanol–water partition coefficient (Wildman–Crippen LogP) is 4.31. The van der Waals surface area contributed by atoms with Crippen LogP contribution in [-0.2, 0) is 0 Å². The molecule has 0 unspecified atom stereocenters. The molecule has 3 aromatic carbocycles. The number of nitrogens with zero attached hydrogens (tertiary/aromatic N) is 3. The van der Waals surface area contributed by atoms with Crippen molar-refractivity contribution in [1.82, 2.24) is 0 Å². The molecule has 0 N–H and O–H groups in total. The Morgan fingerprint density at radius 3 is 2.13 bits per heavy atom. The maximum Gasteiger partial charge on any atom is 0.163 e. The Morgan fingerprint density at radius 1 is 0.652 bits per heavy atom. The molecule has 0 fully saturated rings. The molecule has 0 saturated carbocycles. The number of benzene rings is 3. The van der Waals surface area contributed by atoms with Crippen molar-refractivity contribution in [3.63, 3.8) is 0 Å². The standard InChI is InChI=1S/C20H15N3/c1-2-8-15(9-3-1)23-14-22-19-13-7-6-11-17(19)16-10-4-5-12-18(16)20(22)21-23/h1-13H,14H2. The van der Waals surface area contributed by atoms with Crippen LogP contribution in [0.5, 0.6) is 0 Å². The van der Waals surface area contributed by atoms with E-state index in [1.165, 1.54) is 22.4 Å². The van der Waals surface area contributed by atoms with Crippen LogP contribution in [0.2, 0.25) is 0 Å². The van der Waals surface area contributed by atoms with E-state index in [0.29, 0.717) is 0 Å². The van der Waals surface area contributed by atoms with Crippen LogP contribution >= 0.6 is 0 Å². The first kappa shape index (κ1) is 12.5. The molecular weight excluding hydrogens is 282 g/mol. The molecule has 2 aliphatic heterocycles. The van der Waals surface area contributed by atoms with Crippen LogP contribution in [0, 0.1) is 0 Å². The molecule has 0 saturated heterocycles. The van der Waals surface area contributed by atoms with E-state index in [1.807, 2.05) is 6.07 Å². The van der Waals surface area contributed by atoms with Gasteiger partial charge in [0.15, 0.2) is 5.84 Å². The van der Waals surface area contributed by atoms with Crippen LogP contribution in [0.25, 0.3) is 11.1 Å². The van der Waals surface area contributed by atoms with Gasteiger partial charge in [0.1, 0.15) is 6.67 Å². The van der Waals surface area contributed by atoms with Gasteiger partial charge in [-0.05, 0) is 23.8 Å². The van der Waals surface area contributed by atoms with Crippen molar-refractivity contribution in [3.8, 4) is 11.1 Å². The fraction of sp³-hybridized carbons (Fsp3) is 0.0500. The molecule has 0 amide bonds. The summed E-state index contributed by atoms with van der Waals surface area (Å²) in [5.74, 6) is 1.03. The summed E-state index contributed by atoms with van der Waals surface area (Å²) in [4.78, 5) is 2.30. The zero-order valence-electron chi connectivity index (χ0n) is 12.6. The summed E-state index contributed by atoms with van der Waals surface area (Å²) in [6, 6.07) is 27.4. The van der Waals surface area contributed by atoms with E-state index in [4.69, 9.17) is 5.10 Å². The van der Waals surface area contributed by atoms with Crippen molar-refractivity contribution in [2.24, 2.45) is 5.10 Å². The Morgan fingerprint density at radius 2 is 1.30 bits per heavy atom. The second-order valence-corrected chi connectivity index (χ2v) is 5.79. The summed E-state index contributed by atoms with van der Waals surface area (Å²) in [7, 11) is 0. The van der Waals surface area contributed by atoms with Gasteiger partial charge in [0.05, 0.1) is 11.4 Å². The van der Waals surface area contributed by atoms with E-state index in [-0.39, 0.29) is 0 Å². The van der Waals surface area contributed by atoms with E-state index in [0.717, 1.165) is 18.2 Å². The number of hydrogen-bond donors (Lipinski definition) is 0. The number of hydrazone groups is 1. The highest BCUT2D eigenvalue weighted by atomic mass is 15.6. The Labute approximate surface area is 135 Å². The minimum atomic E-state index is 0.741. The van der Waals surface area contributed by atoms with Gasteiger partial charge in [-0.3, -0.25) is 0 Å². The summed E-state index contributed by atoms with van der Waals surface area (Å²) < 4.78 is 0. The van der Waals surface area contributed by atoms with Crippen LogP contribution in [0.4, 0.5) is 11.4 Å². The predicted molar refractivity (Wildman–Crippen MR) is 94.7 cm³/mol. The Hall–Kier alpha value is -3.07. The van der Waals surface area contributed by atoms with Gasteiger partial charge in [-0.1, -0.05) is 60.7 Å². The third kappa shape index (κ3) is 1.80. The highest BCUT2D eigenvalue weighted by molar-refractivity contribution is 6.20. The van der Waals surface area contributed by atoms with Gasteiger partial charge in [-0.25, -0.2) is 5.01 Å². The van der Waals surface area contributed by atoms with Crippen molar-refractivity contribution in [3.05, 3.63) is 84.4 Å². The SMILES string of the molecule is c1ccc(N2CN3C(=N2)c2ccccc2-c2ccccc23)cc1. The first-order chi connectivity index (χ1) is 11.4. The molecule has 5 rings (SSSR count). The second-order valence-electron chi connectivity index (χ2n) is 5.79. The summed E-state index contributed by atoms with van der Waals surface area (Å²) >= 11 is 0. The molecule has 0 bridgehead atoms. The number of hydrogen-bond acceptors (Lipinski definition) is 3. The van der Waals surface area contributed by atoms with Crippen LogP contribution in [0.15, 0.2) is 84.0 Å². The van der Waals surface area contributed by atoms with Crippen LogP contribution in [0.1, 0.15) is 5.56 Å². The molecule has 0 spiro atoms. The topological polar surface area (TPSA) is 18.8 Å². The molecule has 2 aliphatic rings. The molecule has 0 radical (unpaired) electrons. The number of fused-ring (bicyclic) bond motifs is 6. The molecule has 2 heterocycles. The van der Waals surface area contributed by atoms with Crippen molar-refractivity contribution < 1.29 is 0 Å². The number of para-hydroxylation sites is 2. The third-order valence-corrected chi connectivity index (χ3v) is 4.45. The molecule has 0 aromatic heterocycles. The minimum absolute atomic E-state index is 0.741. The largest absolute Gasteiger partial charge is 0.304 e. The van der Waals surface area contributed by atoms with Crippen LogP contribution in [-0.4, -0.2) is 12.5 Å². The second kappa shape index (κ2) is 4.71. The highest BCUT2D eigenvalue weighted by Gasteiger charge is 2.33. The molecule has 110 valence electrons. The molecule has 0 aliphatic carbocycles. The summed E-state index contributed by atoms with van der Waals surface area (Å²) in [5, 5.41) is 6.96. The number of amidine groups is 1. The fourth-order valence-electron chi connectivity index (χ4n) is 3.38. The van der Waals surface area contributed by atoms with Crippen molar-refractivity contribution in [2.75, 3.05) is 16.6 Å². The normalized spacial score (nSPS) is 14.9. The van der Waals surface area contributed by atoms with Gasteiger partial charge in [-0.2, -0.15) is 5.10 Å². The maximum atomic E-state index is 4.90. The number of anilines is 2. The molecule has 3 heteroatoms. The molecule has 3 nitrogen and oxygen atoms in total. The van der Waals surface area contributed by atoms with Crippen LogP contribution < -0.4 is 9.91 Å². The van der Waals surface area contributed by atoms with E-state index >= 15 is 0 Å². The van der Waals surface area contributed by atoms with E-state index in [2.05, 4.69) is 82.7 Å². The Bertz CT molecular complexity index is 915. The van der Waals surface area contributed by atoms with Gasteiger partial charge in [0.2, 0.25) is 0 Å². The fourth-order valence-corrected chi connectivity index (χ4v) is 3.38. The van der Waals surface area contributed by atoms with E-state index in [1.54, 1.807) is 0 Å². The van der Waals surface area contributed by atoms with Gasteiger partial charge in [-0.15, -0.1) is 0 Å². The zero-order chi connectivity index (χ0) is 15.2. The summed E-state index contributed by atoms with van der Waals surface area (Å²) in [6.07, 6.45) is 0. The average Bonchev–Trinajstić information content (AvgIpc) is 3.09. The lowest BCUT2D eigenvalue weighted by molar-refractivity contribution is 0.912. The average molecular weight is 297 g/mol. The highest BCUT2D eigenvalue weighted by Crippen LogP contribution is 2.41. The van der Waals surface area contributed by atoms with E-state index < -0.39 is 0 Å². The quantitative estimate of drug-likeness (QED) is 0.666. The third-order valence-electron chi connectivity index (χ3n) is 4.45. The van der Waals surface area contributed by atoms with Gasteiger partial charge in [0.25, 0.3) is 0 Å². The van der Waals surface area contributed by atoms with Crippen molar-refractivity contribution in [2.45, 2.75) is 0 Å². The monoisotopic (exact) mass is 297 g/mol. The molecule has 3 aromatic rings. The lowest BCUT2D eigenvalue weighted by Gasteiger charge is -2.29. The Balaban J connectivity index is 1.71. The van der Waals surface area contributed by atoms with Crippen molar-refractivity contribution in [1.29, 1.82) is 0 Å². The molecular formula is C20H15N3. The van der Waals surface area contributed by atoms with Gasteiger partial charge in [0, 0.05) is 11.1 Å². The molecule has 0 atom stereocenters. The first-order valence-electron chi connectivity index (χ1n) is 7.79. The number of rotatable bonds is 1. The summed E-state index contributed by atoms with van der Waals surface area (Å²) in [5.41, 5.74) is 6.07. The van der Waals surface area contributed by atoms with Crippen molar-refractivity contribution >= 4 is 17.2 Å². The first-order valence-corrected chi connectivity index (χ1v) is 7.79. The van der Waals surface area contributed by atoms with Gasteiger partial charge >= 0.3 is 0 Å². The Kier molecular flexibility index (Phi) is 2.56. The van der Waals surface area contributed by atoms with Gasteiger partial charge < -0.3 is 4.90 Å². The smallest absolute Gasteiger partial charge is 0.163 e. The lowest BCUT2D eigenvalue weighted by Crippen LogP contribution is -2.34. The van der Waals surface area contributed by atoms with Crippen LogP contribution in [0.3, 0.4) is 0 Å². The minimum Gasteiger partial charge on any atom is -0.304 e. The zero-order valence-corrected chi connectivity index (χ0v) is 12.6. The summed E-state index contributed by atoms with van der Waals surface area (Å²) in [6.45, 7) is 0.741.